The first-order chi connectivity index (χ1) is 13.1. The van der Waals surface area contributed by atoms with Gasteiger partial charge in [-0.3, -0.25) is 9.59 Å². The molecule has 1 unspecified atom stereocenters. The smallest absolute Gasteiger partial charge is 0.310 e. The third-order valence-corrected chi connectivity index (χ3v) is 4.62. The van der Waals surface area contributed by atoms with Crippen LogP contribution in [0.15, 0.2) is 48.7 Å². The second kappa shape index (κ2) is 8.32. The van der Waals surface area contributed by atoms with E-state index in [4.69, 9.17) is 15.7 Å². The number of carbonyl (C=O) groups excluding carboxylic acids is 2. The Bertz CT molecular complexity index is 838. The second-order valence-electron chi connectivity index (χ2n) is 6.41. The van der Waals surface area contributed by atoms with Gasteiger partial charge in [0.1, 0.15) is 11.9 Å². The fourth-order valence-electron chi connectivity index (χ4n) is 3.11. The maximum absolute atomic E-state index is 12.5. The molecule has 0 saturated carbocycles. The van der Waals surface area contributed by atoms with Gasteiger partial charge in [-0.25, -0.2) is 4.98 Å². The molecule has 138 valence electrons. The highest BCUT2D eigenvalue weighted by Gasteiger charge is 2.30. The number of benzene rings is 1. The Balaban J connectivity index is 1.59. The van der Waals surface area contributed by atoms with E-state index in [-0.39, 0.29) is 5.92 Å². The topological polar surface area (TPSA) is 109 Å². The molecular weight excluding hydrogens is 344 g/mol. The quantitative estimate of drug-likeness (QED) is 0.812. The molecule has 1 fully saturated rings. The third kappa shape index (κ3) is 4.42. The highest BCUT2D eigenvalue weighted by molar-refractivity contribution is 5.84. The molecule has 1 amide bonds. The van der Waals surface area contributed by atoms with E-state index in [0.29, 0.717) is 37.1 Å². The van der Waals surface area contributed by atoms with Gasteiger partial charge in [-0.15, -0.1) is 0 Å². The molecule has 7 heteroatoms. The number of esters is 1. The molecule has 1 aliphatic heterocycles. The predicted octanol–water partition coefficient (Wildman–Crippen LogP) is 1.94. The number of hydrogen-bond donors (Lipinski definition) is 1. The molecule has 1 aromatic heterocycles. The number of ether oxygens (including phenoxy) is 1. The molecule has 1 aliphatic rings. The molecule has 3 rings (SSSR count). The van der Waals surface area contributed by atoms with Crippen LogP contribution in [0.2, 0.25) is 0 Å². The summed E-state index contributed by atoms with van der Waals surface area (Å²) in [6.07, 6.45) is 1.66. The van der Waals surface area contributed by atoms with Crippen LogP contribution in [0.3, 0.4) is 0 Å². The van der Waals surface area contributed by atoms with E-state index in [9.17, 15) is 9.59 Å². The van der Waals surface area contributed by atoms with Crippen LogP contribution >= 0.6 is 0 Å². The van der Waals surface area contributed by atoms with Crippen molar-refractivity contribution >= 4 is 17.7 Å². The number of hydrogen-bond acceptors (Lipinski definition) is 6. The lowest BCUT2D eigenvalue weighted by Gasteiger charge is -2.32. The van der Waals surface area contributed by atoms with Crippen LogP contribution in [-0.2, 0) is 14.3 Å². The number of carbonyl (C=O) groups is 2. The Labute approximate surface area is 157 Å². The van der Waals surface area contributed by atoms with Crippen LogP contribution in [0, 0.1) is 17.2 Å². The van der Waals surface area contributed by atoms with Gasteiger partial charge >= 0.3 is 5.97 Å². The average molecular weight is 364 g/mol. The Morgan fingerprint density at radius 3 is 2.44 bits per heavy atom. The minimum atomic E-state index is -1.07. The lowest BCUT2D eigenvalue weighted by molar-refractivity contribution is -0.160. The number of nitriles is 1. The summed E-state index contributed by atoms with van der Waals surface area (Å²) in [6.45, 7) is 1.29. The summed E-state index contributed by atoms with van der Waals surface area (Å²) >= 11 is 0. The molecule has 1 aromatic carbocycles. The molecule has 7 nitrogen and oxygen atoms in total. The summed E-state index contributed by atoms with van der Waals surface area (Å²) in [5.74, 6) is -0.603. The Hall–Kier alpha value is -3.40. The van der Waals surface area contributed by atoms with E-state index in [1.165, 1.54) is 6.20 Å². The van der Waals surface area contributed by atoms with Crippen molar-refractivity contribution in [3.63, 3.8) is 0 Å². The van der Waals surface area contributed by atoms with Crippen molar-refractivity contribution in [3.05, 3.63) is 59.8 Å². The first-order valence-corrected chi connectivity index (χ1v) is 8.74. The van der Waals surface area contributed by atoms with Crippen molar-refractivity contribution in [3.8, 4) is 6.07 Å². The van der Waals surface area contributed by atoms with Crippen molar-refractivity contribution in [2.75, 3.05) is 18.0 Å². The highest BCUT2D eigenvalue weighted by atomic mass is 16.5. The number of anilines is 1. The Morgan fingerprint density at radius 1 is 1.19 bits per heavy atom. The predicted molar refractivity (Wildman–Crippen MR) is 98.4 cm³/mol. The molecule has 1 saturated heterocycles. The van der Waals surface area contributed by atoms with Crippen molar-refractivity contribution in [1.82, 2.24) is 4.98 Å². The molecule has 2 aromatic rings. The van der Waals surface area contributed by atoms with Gasteiger partial charge in [0.2, 0.25) is 6.10 Å². The summed E-state index contributed by atoms with van der Waals surface area (Å²) in [7, 11) is 0. The maximum Gasteiger partial charge on any atom is 0.310 e. The molecular formula is C20H20N4O3. The van der Waals surface area contributed by atoms with E-state index in [1.54, 1.807) is 36.4 Å². The summed E-state index contributed by atoms with van der Waals surface area (Å²) in [6, 6.07) is 14.3. The van der Waals surface area contributed by atoms with E-state index < -0.39 is 18.0 Å². The number of nitrogens with zero attached hydrogens (tertiary/aromatic N) is 3. The van der Waals surface area contributed by atoms with Crippen molar-refractivity contribution in [1.29, 1.82) is 5.26 Å². The third-order valence-electron chi connectivity index (χ3n) is 4.62. The van der Waals surface area contributed by atoms with Gasteiger partial charge in [-0.05, 0) is 25.0 Å². The van der Waals surface area contributed by atoms with Gasteiger partial charge in [0.05, 0.1) is 11.5 Å². The van der Waals surface area contributed by atoms with Gasteiger partial charge in [-0.2, -0.15) is 5.26 Å². The Morgan fingerprint density at radius 2 is 1.89 bits per heavy atom. The zero-order chi connectivity index (χ0) is 19.2. The molecule has 2 heterocycles. The van der Waals surface area contributed by atoms with E-state index >= 15 is 0 Å². The van der Waals surface area contributed by atoms with Gasteiger partial charge in [0.25, 0.3) is 5.91 Å². The fourth-order valence-corrected chi connectivity index (χ4v) is 3.11. The summed E-state index contributed by atoms with van der Waals surface area (Å²) in [5, 5.41) is 8.84. The van der Waals surface area contributed by atoms with Gasteiger partial charge in [0.15, 0.2) is 0 Å². The lowest BCUT2D eigenvalue weighted by atomic mass is 9.96. The molecule has 0 radical (unpaired) electrons. The van der Waals surface area contributed by atoms with Crippen LogP contribution < -0.4 is 10.6 Å². The molecule has 27 heavy (non-hydrogen) atoms. The number of piperidine rings is 1. The van der Waals surface area contributed by atoms with Crippen LogP contribution in [0.1, 0.15) is 30.1 Å². The number of aromatic nitrogens is 1. The van der Waals surface area contributed by atoms with Crippen LogP contribution in [0.4, 0.5) is 5.82 Å². The first kappa shape index (κ1) is 18.4. The van der Waals surface area contributed by atoms with Crippen LogP contribution in [0.25, 0.3) is 0 Å². The normalized spacial score (nSPS) is 15.6. The molecule has 1 atom stereocenters. The fraction of sp³-hybridized carbons (Fsp3) is 0.300. The molecule has 0 spiro atoms. The largest absolute Gasteiger partial charge is 0.447 e. The van der Waals surface area contributed by atoms with Crippen molar-refractivity contribution < 1.29 is 14.3 Å². The van der Waals surface area contributed by atoms with Gasteiger partial charge in [-0.1, -0.05) is 30.3 Å². The molecule has 0 bridgehead atoms. The average Bonchev–Trinajstić information content (AvgIpc) is 2.72. The summed E-state index contributed by atoms with van der Waals surface area (Å²) < 4.78 is 5.43. The lowest BCUT2D eigenvalue weighted by Crippen LogP contribution is -2.38. The van der Waals surface area contributed by atoms with E-state index in [1.807, 2.05) is 12.1 Å². The number of rotatable bonds is 5. The van der Waals surface area contributed by atoms with Gasteiger partial charge in [0, 0.05) is 24.8 Å². The number of amides is 1. The highest BCUT2D eigenvalue weighted by Crippen LogP contribution is 2.25. The van der Waals surface area contributed by atoms with E-state index in [0.717, 1.165) is 5.82 Å². The van der Waals surface area contributed by atoms with Crippen molar-refractivity contribution in [2.24, 2.45) is 11.7 Å². The minimum absolute atomic E-state index is 0.287. The second-order valence-corrected chi connectivity index (χ2v) is 6.41. The number of primary amides is 1. The van der Waals surface area contributed by atoms with Crippen molar-refractivity contribution in [2.45, 2.75) is 18.9 Å². The maximum atomic E-state index is 12.5. The first-order valence-electron chi connectivity index (χ1n) is 8.74. The summed E-state index contributed by atoms with van der Waals surface area (Å²) in [4.78, 5) is 30.6. The van der Waals surface area contributed by atoms with Crippen LogP contribution in [-0.4, -0.2) is 29.9 Å². The SMILES string of the molecule is N#Cc1ccc(N2CCC(C(=O)OC(C(N)=O)c3ccccc3)CC2)nc1. The minimum Gasteiger partial charge on any atom is -0.447 e. The zero-order valence-corrected chi connectivity index (χ0v) is 14.7. The van der Waals surface area contributed by atoms with Gasteiger partial charge < -0.3 is 15.4 Å². The monoisotopic (exact) mass is 364 g/mol. The number of nitrogens with two attached hydrogens (primary N) is 1. The molecule has 2 N–H and O–H groups in total. The van der Waals surface area contributed by atoms with Crippen LogP contribution in [0.5, 0.6) is 0 Å². The number of pyridine rings is 1. The Kier molecular flexibility index (Phi) is 5.67. The summed E-state index contributed by atoms with van der Waals surface area (Å²) in [5.41, 5.74) is 6.49. The molecule has 0 aliphatic carbocycles. The van der Waals surface area contributed by atoms with E-state index in [2.05, 4.69) is 9.88 Å². The standard InChI is InChI=1S/C20H20N4O3/c21-12-14-6-7-17(23-13-14)24-10-8-16(9-11-24)20(26)27-18(19(22)25)15-4-2-1-3-5-15/h1-7,13,16,18H,8-11H2,(H2,22,25). The zero-order valence-electron chi connectivity index (χ0n) is 14.7.